The Morgan fingerprint density at radius 1 is 1.21 bits per heavy atom. The summed E-state index contributed by atoms with van der Waals surface area (Å²) in [6, 6.07) is 13.0. The second-order valence-electron chi connectivity index (χ2n) is 7.02. The summed E-state index contributed by atoms with van der Waals surface area (Å²) in [5.74, 6) is 1.00. The molecule has 2 unspecified atom stereocenters. The summed E-state index contributed by atoms with van der Waals surface area (Å²) in [7, 11) is 1.98. The van der Waals surface area contributed by atoms with Crippen molar-refractivity contribution in [1.29, 1.82) is 0 Å². The van der Waals surface area contributed by atoms with Crippen LogP contribution in [0.15, 0.2) is 53.2 Å². The molecule has 0 radical (unpaired) electrons. The third-order valence-corrected chi connectivity index (χ3v) is 4.81. The first-order chi connectivity index (χ1) is 13.6. The first kappa shape index (κ1) is 18.1. The van der Waals surface area contributed by atoms with E-state index in [-0.39, 0.29) is 18.1 Å². The second-order valence-corrected chi connectivity index (χ2v) is 7.02. The Kier molecular flexibility index (Phi) is 5.03. The van der Waals surface area contributed by atoms with Gasteiger partial charge in [-0.2, -0.15) is 4.98 Å². The fraction of sp³-hybridized carbons (Fsp3) is 0.300. The van der Waals surface area contributed by atoms with Crippen molar-refractivity contribution in [3.05, 3.63) is 60.1 Å². The smallest absolute Gasteiger partial charge is 0.319 e. The van der Waals surface area contributed by atoms with Crippen molar-refractivity contribution in [3.8, 4) is 11.5 Å². The van der Waals surface area contributed by atoms with E-state index in [0.717, 1.165) is 11.3 Å². The molecule has 4 rings (SSSR count). The van der Waals surface area contributed by atoms with Gasteiger partial charge in [0.2, 0.25) is 11.7 Å². The predicted molar refractivity (Wildman–Crippen MR) is 105 cm³/mol. The third-order valence-electron chi connectivity index (χ3n) is 4.81. The minimum Gasteiger partial charge on any atom is -0.337 e. The Morgan fingerprint density at radius 2 is 2.04 bits per heavy atom. The topological polar surface area (TPSA) is 96.2 Å². The number of benzene rings is 1. The average molecular weight is 378 g/mol. The average Bonchev–Trinajstić information content (AvgIpc) is 3.31. The molecule has 2 atom stereocenters. The van der Waals surface area contributed by atoms with Crippen LogP contribution >= 0.6 is 0 Å². The molecule has 1 saturated heterocycles. The van der Waals surface area contributed by atoms with E-state index in [1.807, 2.05) is 56.4 Å². The van der Waals surface area contributed by atoms with Crippen LogP contribution in [0.1, 0.15) is 23.9 Å². The van der Waals surface area contributed by atoms with Gasteiger partial charge in [-0.1, -0.05) is 28.9 Å². The van der Waals surface area contributed by atoms with Gasteiger partial charge in [-0.05, 0) is 44.7 Å². The summed E-state index contributed by atoms with van der Waals surface area (Å²) in [5, 5.41) is 9.92. The molecule has 3 heterocycles. The Bertz CT molecular complexity index is 941. The van der Waals surface area contributed by atoms with Gasteiger partial charge in [0.25, 0.3) is 0 Å². The first-order valence-electron chi connectivity index (χ1n) is 9.18. The Morgan fingerprint density at radius 3 is 2.79 bits per heavy atom. The lowest BCUT2D eigenvalue weighted by Gasteiger charge is -2.14. The van der Waals surface area contributed by atoms with E-state index in [0.29, 0.717) is 30.4 Å². The number of likely N-dealkylation sites (tertiary alicyclic amines) is 1. The van der Waals surface area contributed by atoms with Gasteiger partial charge >= 0.3 is 6.03 Å². The maximum atomic E-state index is 12.3. The minimum absolute atomic E-state index is 0.00866. The molecule has 0 spiro atoms. The van der Waals surface area contributed by atoms with Crippen LogP contribution in [0.2, 0.25) is 0 Å². The summed E-state index contributed by atoms with van der Waals surface area (Å²) in [4.78, 5) is 23.1. The van der Waals surface area contributed by atoms with E-state index in [4.69, 9.17) is 4.52 Å². The fourth-order valence-corrected chi connectivity index (χ4v) is 3.35. The van der Waals surface area contributed by atoms with Crippen molar-refractivity contribution in [3.63, 3.8) is 0 Å². The number of hydrogen-bond acceptors (Lipinski definition) is 6. The predicted octanol–water partition coefficient (Wildman–Crippen LogP) is 3.01. The highest BCUT2D eigenvalue weighted by atomic mass is 16.5. The molecule has 1 aliphatic rings. The third kappa shape index (κ3) is 4.01. The summed E-state index contributed by atoms with van der Waals surface area (Å²) in [5.41, 5.74) is 2.59. The zero-order valence-electron chi connectivity index (χ0n) is 15.8. The number of nitrogens with one attached hydrogen (secondary N) is 2. The molecule has 144 valence electrons. The number of likely N-dealkylation sites (N-methyl/N-ethyl adjacent to an activating group) is 1. The standard InChI is InChI=1S/C20H22N6O2/c1-13-6-8-14(9-7-13)22-20(27)23-15-11-17(26(2)12-15)19-24-18(25-28-19)16-5-3-4-10-21-16/h3-10,15,17H,11-12H2,1-2H3,(H2,22,23,27). The van der Waals surface area contributed by atoms with Crippen LogP contribution in [0.3, 0.4) is 0 Å². The number of nitrogens with zero attached hydrogens (tertiary/aromatic N) is 4. The van der Waals surface area contributed by atoms with Crippen molar-refractivity contribution in [1.82, 2.24) is 25.3 Å². The molecular formula is C20H22N6O2. The number of aromatic nitrogens is 3. The molecule has 2 aromatic heterocycles. The van der Waals surface area contributed by atoms with Crippen LogP contribution in [-0.4, -0.2) is 45.7 Å². The summed E-state index contributed by atoms with van der Waals surface area (Å²) in [6.07, 6.45) is 2.39. The van der Waals surface area contributed by atoms with Gasteiger partial charge in [0.15, 0.2) is 0 Å². The van der Waals surface area contributed by atoms with E-state index < -0.39 is 0 Å². The van der Waals surface area contributed by atoms with Gasteiger partial charge in [-0.3, -0.25) is 9.88 Å². The molecule has 8 nitrogen and oxygen atoms in total. The van der Waals surface area contributed by atoms with E-state index in [1.54, 1.807) is 6.20 Å². The zero-order valence-corrected chi connectivity index (χ0v) is 15.8. The molecular weight excluding hydrogens is 356 g/mol. The molecule has 1 aliphatic heterocycles. The lowest BCUT2D eigenvalue weighted by molar-refractivity contribution is 0.243. The van der Waals surface area contributed by atoms with Gasteiger partial charge in [0, 0.05) is 24.5 Å². The van der Waals surface area contributed by atoms with Crippen molar-refractivity contribution < 1.29 is 9.32 Å². The number of anilines is 1. The second kappa shape index (κ2) is 7.77. The summed E-state index contributed by atoms with van der Waals surface area (Å²) >= 11 is 0. The molecule has 3 aromatic rings. The highest BCUT2D eigenvalue weighted by molar-refractivity contribution is 5.89. The van der Waals surface area contributed by atoms with Crippen LogP contribution < -0.4 is 10.6 Å². The normalized spacial score (nSPS) is 19.5. The van der Waals surface area contributed by atoms with E-state index in [1.165, 1.54) is 0 Å². The molecule has 2 N–H and O–H groups in total. The van der Waals surface area contributed by atoms with Gasteiger partial charge in [0.1, 0.15) is 5.69 Å². The maximum absolute atomic E-state index is 12.3. The molecule has 1 fully saturated rings. The van der Waals surface area contributed by atoms with Crippen LogP contribution in [0.5, 0.6) is 0 Å². The van der Waals surface area contributed by atoms with Crippen molar-refractivity contribution in [2.45, 2.75) is 25.4 Å². The number of rotatable bonds is 4. The number of carbonyl (C=O) groups excluding carboxylic acids is 1. The van der Waals surface area contributed by atoms with Gasteiger partial charge in [-0.25, -0.2) is 4.79 Å². The van der Waals surface area contributed by atoms with Crippen LogP contribution in [0, 0.1) is 6.92 Å². The molecule has 0 aliphatic carbocycles. The Hall–Kier alpha value is -3.26. The largest absolute Gasteiger partial charge is 0.337 e. The number of aryl methyl sites for hydroxylation is 1. The number of urea groups is 1. The van der Waals surface area contributed by atoms with E-state index in [9.17, 15) is 4.79 Å². The Balaban J connectivity index is 1.37. The maximum Gasteiger partial charge on any atom is 0.319 e. The van der Waals surface area contributed by atoms with Crippen molar-refractivity contribution >= 4 is 11.7 Å². The van der Waals surface area contributed by atoms with Crippen LogP contribution in [-0.2, 0) is 0 Å². The van der Waals surface area contributed by atoms with Gasteiger partial charge in [-0.15, -0.1) is 0 Å². The SMILES string of the molecule is Cc1ccc(NC(=O)NC2CC(c3nc(-c4ccccn4)no3)N(C)C2)cc1. The Labute approximate surface area is 163 Å². The first-order valence-corrected chi connectivity index (χ1v) is 9.18. The van der Waals surface area contributed by atoms with E-state index >= 15 is 0 Å². The molecule has 2 amide bonds. The molecule has 0 saturated carbocycles. The number of amides is 2. The lowest BCUT2D eigenvalue weighted by atomic mass is 10.1. The van der Waals surface area contributed by atoms with Gasteiger partial charge in [0.05, 0.1) is 6.04 Å². The van der Waals surface area contributed by atoms with Crippen LogP contribution in [0.4, 0.5) is 10.5 Å². The molecule has 0 bridgehead atoms. The summed E-state index contributed by atoms with van der Waals surface area (Å²) < 4.78 is 5.46. The zero-order chi connectivity index (χ0) is 19.5. The van der Waals surface area contributed by atoms with Crippen molar-refractivity contribution in [2.75, 3.05) is 18.9 Å². The highest BCUT2D eigenvalue weighted by Gasteiger charge is 2.35. The molecule has 1 aromatic carbocycles. The molecule has 8 heteroatoms. The highest BCUT2D eigenvalue weighted by Crippen LogP contribution is 2.30. The van der Waals surface area contributed by atoms with Crippen LogP contribution in [0.25, 0.3) is 11.5 Å². The fourth-order valence-electron chi connectivity index (χ4n) is 3.35. The van der Waals surface area contributed by atoms with Gasteiger partial charge < -0.3 is 15.2 Å². The number of carbonyl (C=O) groups is 1. The number of pyridine rings is 1. The monoisotopic (exact) mass is 378 g/mol. The van der Waals surface area contributed by atoms with Crippen molar-refractivity contribution in [2.24, 2.45) is 0 Å². The minimum atomic E-state index is -0.220. The number of hydrogen-bond donors (Lipinski definition) is 2. The molecule has 28 heavy (non-hydrogen) atoms. The van der Waals surface area contributed by atoms with E-state index in [2.05, 4.69) is 30.7 Å². The quantitative estimate of drug-likeness (QED) is 0.724. The summed E-state index contributed by atoms with van der Waals surface area (Å²) in [6.45, 7) is 2.71. The lowest BCUT2D eigenvalue weighted by Crippen LogP contribution is -2.39.